The lowest BCUT2D eigenvalue weighted by molar-refractivity contribution is 0.252. The standard InChI is InChI=1S/C12H19IN2O/c1-8(2)7-12(5-3-4-6-12)10-9(13)11(14)15-16-10/h8H,3-7H2,1-2H3,(H2,14,15). The van der Waals surface area contributed by atoms with Crippen molar-refractivity contribution in [2.24, 2.45) is 5.92 Å². The zero-order valence-electron chi connectivity index (χ0n) is 9.92. The van der Waals surface area contributed by atoms with Crippen LogP contribution in [0.5, 0.6) is 0 Å². The van der Waals surface area contributed by atoms with Crippen molar-refractivity contribution in [3.63, 3.8) is 0 Å². The summed E-state index contributed by atoms with van der Waals surface area (Å²) in [6.07, 6.45) is 6.20. The molecule has 3 nitrogen and oxygen atoms in total. The molecule has 90 valence electrons. The van der Waals surface area contributed by atoms with Crippen LogP contribution in [-0.4, -0.2) is 5.16 Å². The monoisotopic (exact) mass is 334 g/mol. The van der Waals surface area contributed by atoms with E-state index in [1.54, 1.807) is 0 Å². The van der Waals surface area contributed by atoms with Gasteiger partial charge in [-0.25, -0.2) is 0 Å². The first-order valence-corrected chi connectivity index (χ1v) is 7.04. The Bertz CT molecular complexity index is 367. The minimum atomic E-state index is 0.204. The predicted molar refractivity (Wildman–Crippen MR) is 73.2 cm³/mol. The molecule has 1 aliphatic carbocycles. The molecule has 1 fully saturated rings. The van der Waals surface area contributed by atoms with E-state index in [0.29, 0.717) is 11.7 Å². The van der Waals surface area contributed by atoms with Crippen molar-refractivity contribution >= 4 is 28.4 Å². The quantitative estimate of drug-likeness (QED) is 0.857. The summed E-state index contributed by atoms with van der Waals surface area (Å²) in [6.45, 7) is 4.54. The highest BCUT2D eigenvalue weighted by molar-refractivity contribution is 14.1. The highest BCUT2D eigenvalue weighted by atomic mass is 127. The molecule has 0 saturated heterocycles. The first-order valence-electron chi connectivity index (χ1n) is 5.96. The molecular weight excluding hydrogens is 315 g/mol. The summed E-state index contributed by atoms with van der Waals surface area (Å²) in [5.74, 6) is 2.27. The molecule has 0 bridgehead atoms. The van der Waals surface area contributed by atoms with Gasteiger partial charge in [0.1, 0.15) is 3.57 Å². The van der Waals surface area contributed by atoms with E-state index in [9.17, 15) is 0 Å². The first-order chi connectivity index (χ1) is 7.55. The Morgan fingerprint density at radius 2 is 2.06 bits per heavy atom. The molecule has 1 aromatic heterocycles. The lowest BCUT2D eigenvalue weighted by Gasteiger charge is -2.28. The number of anilines is 1. The van der Waals surface area contributed by atoms with Crippen LogP contribution in [0.2, 0.25) is 0 Å². The Balaban J connectivity index is 2.35. The second-order valence-corrected chi connectivity index (χ2v) is 6.38. The Hall–Kier alpha value is -0.260. The third-order valence-electron chi connectivity index (χ3n) is 3.50. The fourth-order valence-electron chi connectivity index (χ4n) is 2.98. The molecule has 0 unspecified atom stereocenters. The highest BCUT2D eigenvalue weighted by Gasteiger charge is 2.41. The number of rotatable bonds is 3. The van der Waals surface area contributed by atoms with E-state index in [2.05, 4.69) is 41.6 Å². The van der Waals surface area contributed by atoms with Crippen LogP contribution in [0.15, 0.2) is 4.52 Å². The van der Waals surface area contributed by atoms with Gasteiger partial charge in [-0.2, -0.15) is 0 Å². The summed E-state index contributed by atoms with van der Waals surface area (Å²) >= 11 is 2.27. The number of hydrogen-bond acceptors (Lipinski definition) is 3. The second kappa shape index (κ2) is 4.55. The van der Waals surface area contributed by atoms with E-state index in [4.69, 9.17) is 10.3 Å². The molecule has 2 N–H and O–H groups in total. The Morgan fingerprint density at radius 1 is 1.44 bits per heavy atom. The molecule has 1 aromatic rings. The van der Waals surface area contributed by atoms with Crippen LogP contribution in [-0.2, 0) is 5.41 Å². The lowest BCUT2D eigenvalue weighted by atomic mass is 9.76. The molecule has 0 radical (unpaired) electrons. The third-order valence-corrected chi connectivity index (χ3v) is 4.54. The molecule has 0 amide bonds. The van der Waals surface area contributed by atoms with E-state index in [1.807, 2.05) is 0 Å². The number of nitrogens with zero attached hydrogens (tertiary/aromatic N) is 1. The van der Waals surface area contributed by atoms with Crippen LogP contribution >= 0.6 is 22.6 Å². The van der Waals surface area contributed by atoms with Gasteiger partial charge in [-0.1, -0.05) is 31.8 Å². The maximum Gasteiger partial charge on any atom is 0.180 e. The molecule has 16 heavy (non-hydrogen) atoms. The molecule has 1 heterocycles. The van der Waals surface area contributed by atoms with Gasteiger partial charge >= 0.3 is 0 Å². The van der Waals surface area contributed by atoms with Crippen molar-refractivity contribution in [1.82, 2.24) is 5.16 Å². The van der Waals surface area contributed by atoms with Crippen molar-refractivity contribution < 1.29 is 4.52 Å². The minimum absolute atomic E-state index is 0.204. The van der Waals surface area contributed by atoms with E-state index in [0.717, 1.165) is 9.33 Å². The van der Waals surface area contributed by atoms with Gasteiger partial charge in [-0.15, -0.1) is 0 Å². The second-order valence-electron chi connectivity index (χ2n) is 5.30. The van der Waals surface area contributed by atoms with Gasteiger partial charge in [0.15, 0.2) is 11.6 Å². The molecule has 0 atom stereocenters. The minimum Gasteiger partial charge on any atom is -0.380 e. The Kier molecular flexibility index (Phi) is 3.47. The molecule has 0 aliphatic heterocycles. The van der Waals surface area contributed by atoms with Crippen molar-refractivity contribution in [1.29, 1.82) is 0 Å². The van der Waals surface area contributed by atoms with Crippen molar-refractivity contribution in [3.05, 3.63) is 9.33 Å². The third kappa shape index (κ3) is 2.08. The highest BCUT2D eigenvalue weighted by Crippen LogP contribution is 2.47. The van der Waals surface area contributed by atoms with Crippen LogP contribution in [0.4, 0.5) is 5.82 Å². The van der Waals surface area contributed by atoms with Crippen molar-refractivity contribution in [2.75, 3.05) is 5.73 Å². The van der Waals surface area contributed by atoms with Gasteiger partial charge < -0.3 is 10.3 Å². The summed E-state index contributed by atoms with van der Waals surface area (Å²) in [6, 6.07) is 0. The SMILES string of the molecule is CC(C)CC1(c2onc(N)c2I)CCCC1. The zero-order valence-corrected chi connectivity index (χ0v) is 12.1. The zero-order chi connectivity index (χ0) is 11.8. The molecule has 1 aliphatic rings. The smallest absolute Gasteiger partial charge is 0.180 e. The topological polar surface area (TPSA) is 52.0 Å². The van der Waals surface area contributed by atoms with Crippen LogP contribution < -0.4 is 5.73 Å². The fourth-order valence-corrected chi connectivity index (χ4v) is 3.75. The number of hydrogen-bond donors (Lipinski definition) is 1. The predicted octanol–water partition coefficient (Wildman–Crippen LogP) is 3.72. The maximum absolute atomic E-state index is 5.79. The van der Waals surface area contributed by atoms with E-state index in [1.165, 1.54) is 32.1 Å². The molecule has 4 heteroatoms. The summed E-state index contributed by atoms with van der Waals surface area (Å²) < 4.78 is 6.53. The van der Waals surface area contributed by atoms with E-state index < -0.39 is 0 Å². The van der Waals surface area contributed by atoms with Gasteiger partial charge in [0, 0.05) is 5.41 Å². The van der Waals surface area contributed by atoms with Crippen LogP contribution in [0.3, 0.4) is 0 Å². The average Bonchev–Trinajstić information content (AvgIpc) is 2.76. The maximum atomic E-state index is 5.79. The molecular formula is C12H19IN2O. The average molecular weight is 334 g/mol. The number of halogens is 1. The fraction of sp³-hybridized carbons (Fsp3) is 0.750. The van der Waals surface area contributed by atoms with Gasteiger partial charge in [0.05, 0.1) is 0 Å². The normalized spacial score (nSPS) is 19.5. The summed E-state index contributed by atoms with van der Waals surface area (Å²) in [5, 5.41) is 3.91. The Labute approximate surface area is 110 Å². The summed E-state index contributed by atoms with van der Waals surface area (Å²) in [4.78, 5) is 0. The molecule has 0 aromatic carbocycles. The van der Waals surface area contributed by atoms with Gasteiger partial charge in [-0.05, 0) is 47.8 Å². The van der Waals surface area contributed by atoms with Crippen LogP contribution in [0.25, 0.3) is 0 Å². The molecule has 1 saturated carbocycles. The first kappa shape index (κ1) is 12.2. The molecule has 0 spiro atoms. The van der Waals surface area contributed by atoms with Crippen LogP contribution in [0.1, 0.15) is 51.7 Å². The van der Waals surface area contributed by atoms with Gasteiger partial charge in [0.2, 0.25) is 0 Å². The summed E-state index contributed by atoms with van der Waals surface area (Å²) in [5.41, 5.74) is 5.99. The van der Waals surface area contributed by atoms with Gasteiger partial charge in [0.25, 0.3) is 0 Å². The molecule has 2 rings (SSSR count). The van der Waals surface area contributed by atoms with Crippen LogP contribution in [0, 0.1) is 9.49 Å². The number of aromatic nitrogens is 1. The van der Waals surface area contributed by atoms with E-state index in [-0.39, 0.29) is 5.41 Å². The lowest BCUT2D eigenvalue weighted by Crippen LogP contribution is -2.24. The number of nitrogens with two attached hydrogens (primary N) is 1. The summed E-state index contributed by atoms with van der Waals surface area (Å²) in [7, 11) is 0. The largest absolute Gasteiger partial charge is 0.380 e. The van der Waals surface area contributed by atoms with E-state index >= 15 is 0 Å². The van der Waals surface area contributed by atoms with Gasteiger partial charge in [-0.3, -0.25) is 0 Å². The van der Waals surface area contributed by atoms with Crippen molar-refractivity contribution in [3.8, 4) is 0 Å². The van der Waals surface area contributed by atoms with Crippen molar-refractivity contribution in [2.45, 2.75) is 51.4 Å². The Morgan fingerprint density at radius 3 is 2.50 bits per heavy atom. The number of nitrogen functional groups attached to an aromatic ring is 1.